The van der Waals surface area contributed by atoms with Gasteiger partial charge in [-0.25, -0.2) is 5.43 Å². The molecule has 3 aromatic carbocycles. The summed E-state index contributed by atoms with van der Waals surface area (Å²) < 4.78 is 16.7. The molecule has 1 aliphatic heterocycles. The molecule has 0 radical (unpaired) electrons. The maximum absolute atomic E-state index is 12.7. The number of amides is 2. The Morgan fingerprint density at radius 2 is 1.84 bits per heavy atom. The lowest BCUT2D eigenvalue weighted by molar-refractivity contribution is -0.126. The van der Waals surface area contributed by atoms with Crippen LogP contribution in [0.4, 0.5) is 5.69 Å². The summed E-state index contributed by atoms with van der Waals surface area (Å²) in [6.45, 7) is 3.04. The van der Waals surface area contributed by atoms with E-state index >= 15 is 0 Å². The number of rotatable bonds is 10. The molecule has 0 aliphatic carbocycles. The van der Waals surface area contributed by atoms with E-state index in [9.17, 15) is 9.59 Å². The van der Waals surface area contributed by atoms with Crippen LogP contribution >= 0.6 is 23.2 Å². The molecule has 0 bridgehead atoms. The van der Waals surface area contributed by atoms with Crippen LogP contribution in [-0.4, -0.2) is 38.3 Å². The molecule has 1 N–H and O–H groups in total. The van der Waals surface area contributed by atoms with Crippen LogP contribution in [0.1, 0.15) is 24.5 Å². The second-order valence-corrected chi connectivity index (χ2v) is 9.33. The first-order valence-corrected chi connectivity index (χ1v) is 12.7. The first kappa shape index (κ1) is 27.3. The van der Waals surface area contributed by atoms with Crippen LogP contribution in [0.25, 0.3) is 0 Å². The van der Waals surface area contributed by atoms with Crippen molar-refractivity contribution in [3.05, 3.63) is 81.8 Å². The van der Waals surface area contributed by atoms with E-state index in [1.807, 2.05) is 37.3 Å². The Morgan fingerprint density at radius 3 is 2.55 bits per heavy atom. The molecule has 10 heteroatoms. The fourth-order valence-electron chi connectivity index (χ4n) is 3.96. The summed E-state index contributed by atoms with van der Waals surface area (Å²) >= 11 is 12.0. The number of nitrogens with zero attached hydrogens (tertiary/aromatic N) is 2. The van der Waals surface area contributed by atoms with Gasteiger partial charge in [0.2, 0.25) is 11.8 Å². The molecule has 1 atom stereocenters. The molecule has 8 nitrogen and oxygen atoms in total. The number of carbonyl (C=O) groups is 2. The number of hydrogen-bond acceptors (Lipinski definition) is 6. The summed E-state index contributed by atoms with van der Waals surface area (Å²) in [6, 6.07) is 17.8. The van der Waals surface area contributed by atoms with E-state index in [4.69, 9.17) is 37.4 Å². The Balaban J connectivity index is 1.32. The Kier molecular flexibility index (Phi) is 9.10. The summed E-state index contributed by atoms with van der Waals surface area (Å²) in [6.07, 6.45) is 1.62. The van der Waals surface area contributed by atoms with Crippen molar-refractivity contribution >= 4 is 46.9 Å². The lowest BCUT2D eigenvalue weighted by Crippen LogP contribution is -2.30. The molecule has 4 rings (SSSR count). The van der Waals surface area contributed by atoms with Gasteiger partial charge >= 0.3 is 0 Å². The van der Waals surface area contributed by atoms with Crippen LogP contribution in [0, 0.1) is 5.92 Å². The van der Waals surface area contributed by atoms with Crippen molar-refractivity contribution in [3.8, 4) is 17.2 Å². The molecule has 198 valence electrons. The average Bonchev–Trinajstić information content (AvgIpc) is 3.32. The molecule has 2 amide bonds. The number of benzene rings is 3. The molecule has 38 heavy (non-hydrogen) atoms. The van der Waals surface area contributed by atoms with Crippen molar-refractivity contribution in [3.63, 3.8) is 0 Å². The van der Waals surface area contributed by atoms with Gasteiger partial charge in [0, 0.05) is 18.7 Å². The lowest BCUT2D eigenvalue weighted by Gasteiger charge is -2.17. The van der Waals surface area contributed by atoms with Crippen molar-refractivity contribution in [2.24, 2.45) is 11.0 Å². The third-order valence-corrected chi connectivity index (χ3v) is 6.65. The normalized spacial score (nSPS) is 15.1. The number of hydrazone groups is 1. The number of hydrogen-bond donors (Lipinski definition) is 1. The third-order valence-electron chi connectivity index (χ3n) is 5.91. The van der Waals surface area contributed by atoms with Gasteiger partial charge in [-0.05, 0) is 72.6 Å². The Hall–Kier alpha value is -3.75. The number of ether oxygens (including phenoxy) is 3. The van der Waals surface area contributed by atoms with Crippen LogP contribution in [0.2, 0.25) is 10.0 Å². The van der Waals surface area contributed by atoms with Gasteiger partial charge in [0.15, 0.2) is 11.5 Å². The van der Waals surface area contributed by atoms with Crippen LogP contribution in [0.5, 0.6) is 17.2 Å². The molecule has 0 spiro atoms. The van der Waals surface area contributed by atoms with Gasteiger partial charge in [-0.2, -0.15) is 5.10 Å². The minimum Gasteiger partial charge on any atom is -0.494 e. The second kappa shape index (κ2) is 12.7. The van der Waals surface area contributed by atoms with E-state index in [1.165, 1.54) is 13.3 Å². The number of anilines is 1. The highest BCUT2D eigenvalue weighted by Gasteiger charge is 2.35. The van der Waals surface area contributed by atoms with Crippen molar-refractivity contribution in [1.82, 2.24) is 5.43 Å². The summed E-state index contributed by atoms with van der Waals surface area (Å²) in [7, 11) is 1.54. The average molecular weight is 556 g/mol. The van der Waals surface area contributed by atoms with E-state index in [1.54, 1.807) is 35.2 Å². The van der Waals surface area contributed by atoms with Crippen LogP contribution in [-0.2, 0) is 16.2 Å². The number of nitrogens with one attached hydrogen (secondary N) is 1. The van der Waals surface area contributed by atoms with Crippen LogP contribution in [0.15, 0.2) is 65.8 Å². The minimum atomic E-state index is -0.502. The minimum absolute atomic E-state index is 0.112. The van der Waals surface area contributed by atoms with Gasteiger partial charge in [-0.3, -0.25) is 9.59 Å². The zero-order valence-corrected chi connectivity index (χ0v) is 22.5. The fraction of sp³-hybridized carbons (Fsp3) is 0.250. The van der Waals surface area contributed by atoms with Gasteiger partial charge in [0.05, 0.1) is 35.9 Å². The Morgan fingerprint density at radius 1 is 1.05 bits per heavy atom. The van der Waals surface area contributed by atoms with Crippen molar-refractivity contribution < 1.29 is 23.8 Å². The summed E-state index contributed by atoms with van der Waals surface area (Å²) in [5, 5.41) is 5.00. The van der Waals surface area contributed by atoms with E-state index in [2.05, 4.69) is 10.5 Å². The maximum atomic E-state index is 12.7. The quantitative estimate of drug-likeness (QED) is 0.264. The molecule has 1 heterocycles. The standard InChI is InChI=1S/C28H27Cl2N3O5/c1-3-37-22-8-6-21(7-9-22)33-16-20(14-27(33)34)28(35)32-31-15-18-5-11-25(26(13-18)36-2)38-17-19-4-10-23(29)24(30)12-19/h4-13,15,20H,3,14,16-17H2,1-2H3,(H,32,35)/b31-15-/t20-/m0/s1. The van der Waals surface area contributed by atoms with Crippen LogP contribution < -0.4 is 24.5 Å². The monoisotopic (exact) mass is 555 g/mol. The second-order valence-electron chi connectivity index (χ2n) is 8.51. The van der Waals surface area contributed by atoms with E-state index in [-0.39, 0.29) is 31.4 Å². The predicted molar refractivity (Wildman–Crippen MR) is 148 cm³/mol. The fourth-order valence-corrected chi connectivity index (χ4v) is 4.28. The lowest BCUT2D eigenvalue weighted by atomic mass is 10.1. The predicted octanol–water partition coefficient (Wildman–Crippen LogP) is 5.48. The van der Waals surface area contributed by atoms with E-state index in [0.717, 1.165) is 17.0 Å². The molecule has 1 fully saturated rings. The third kappa shape index (κ3) is 6.76. The van der Waals surface area contributed by atoms with E-state index < -0.39 is 5.92 Å². The molecular weight excluding hydrogens is 529 g/mol. The first-order valence-electron chi connectivity index (χ1n) is 12.0. The highest BCUT2D eigenvalue weighted by Crippen LogP contribution is 2.30. The summed E-state index contributed by atoms with van der Waals surface area (Å²) in [5.41, 5.74) is 4.82. The van der Waals surface area contributed by atoms with Gasteiger partial charge in [0.25, 0.3) is 0 Å². The Bertz CT molecular complexity index is 1330. The molecule has 0 saturated carbocycles. The summed E-state index contributed by atoms with van der Waals surface area (Å²) in [4.78, 5) is 26.8. The zero-order chi connectivity index (χ0) is 27.1. The topological polar surface area (TPSA) is 89.5 Å². The molecular formula is C28H27Cl2N3O5. The van der Waals surface area contributed by atoms with Crippen LogP contribution in [0.3, 0.4) is 0 Å². The Labute approximate surface area is 231 Å². The molecule has 1 aliphatic rings. The van der Waals surface area contributed by atoms with Gasteiger partial charge in [-0.15, -0.1) is 0 Å². The first-order chi connectivity index (χ1) is 18.4. The van der Waals surface area contributed by atoms with Crippen molar-refractivity contribution in [1.29, 1.82) is 0 Å². The highest BCUT2D eigenvalue weighted by molar-refractivity contribution is 6.42. The SMILES string of the molecule is CCOc1ccc(N2C[C@@H](C(=O)N/N=C\c3ccc(OCc4ccc(Cl)c(Cl)c4)c(OC)c3)CC2=O)cc1. The smallest absolute Gasteiger partial charge is 0.245 e. The van der Waals surface area contributed by atoms with Crippen molar-refractivity contribution in [2.45, 2.75) is 20.0 Å². The highest BCUT2D eigenvalue weighted by atomic mass is 35.5. The molecule has 0 unspecified atom stereocenters. The number of methoxy groups -OCH3 is 1. The zero-order valence-electron chi connectivity index (χ0n) is 20.9. The summed E-state index contributed by atoms with van der Waals surface area (Å²) in [5.74, 6) is 0.842. The van der Waals surface area contributed by atoms with E-state index in [0.29, 0.717) is 33.7 Å². The molecule has 0 aromatic heterocycles. The molecule has 3 aromatic rings. The van der Waals surface area contributed by atoms with Gasteiger partial charge < -0.3 is 19.1 Å². The molecule has 1 saturated heterocycles. The van der Waals surface area contributed by atoms with Gasteiger partial charge in [0.1, 0.15) is 12.4 Å². The maximum Gasteiger partial charge on any atom is 0.245 e. The van der Waals surface area contributed by atoms with Gasteiger partial charge in [-0.1, -0.05) is 29.3 Å². The number of halogens is 2. The van der Waals surface area contributed by atoms with Crippen molar-refractivity contribution in [2.75, 3.05) is 25.2 Å². The number of carbonyl (C=O) groups excluding carboxylic acids is 2. The largest absolute Gasteiger partial charge is 0.494 e.